The number of benzene rings is 1. The molecule has 0 saturated carbocycles. The molecule has 4 rings (SSSR count). The molecule has 6 heteroatoms. The van der Waals surface area contributed by atoms with E-state index in [0.29, 0.717) is 6.54 Å². The van der Waals surface area contributed by atoms with Gasteiger partial charge >= 0.3 is 0 Å². The molecule has 0 atom stereocenters. The van der Waals surface area contributed by atoms with Crippen LogP contribution in [0.15, 0.2) is 60.9 Å². The number of rotatable bonds is 6. The standard InChI is InChI=1S/C22H26N6/c1-18-14-21(24-16-20-8-5-9-23-15-20)26-22(25-18)28-12-10-27(11-13-28)17-19-6-3-2-4-7-19/h2-9,14-15H,10-13,16-17H2,1H3,(H,24,25,26). The van der Waals surface area contributed by atoms with Crippen molar-refractivity contribution in [2.75, 3.05) is 36.4 Å². The van der Waals surface area contributed by atoms with E-state index in [4.69, 9.17) is 4.98 Å². The van der Waals surface area contributed by atoms with Crippen molar-refractivity contribution in [3.8, 4) is 0 Å². The first kappa shape index (κ1) is 18.4. The van der Waals surface area contributed by atoms with Crippen LogP contribution in [0.2, 0.25) is 0 Å². The summed E-state index contributed by atoms with van der Waals surface area (Å²) in [6, 6.07) is 16.6. The van der Waals surface area contributed by atoms with Gasteiger partial charge in [-0.1, -0.05) is 36.4 Å². The predicted molar refractivity (Wildman–Crippen MR) is 112 cm³/mol. The predicted octanol–water partition coefficient (Wildman–Crippen LogP) is 3.11. The summed E-state index contributed by atoms with van der Waals surface area (Å²) in [5.74, 6) is 1.67. The van der Waals surface area contributed by atoms with E-state index < -0.39 is 0 Å². The van der Waals surface area contributed by atoms with Crippen LogP contribution in [0.1, 0.15) is 16.8 Å². The van der Waals surface area contributed by atoms with Crippen molar-refractivity contribution < 1.29 is 0 Å². The van der Waals surface area contributed by atoms with E-state index >= 15 is 0 Å². The highest BCUT2D eigenvalue weighted by atomic mass is 15.3. The summed E-state index contributed by atoms with van der Waals surface area (Å²) in [4.78, 5) is 18.3. The van der Waals surface area contributed by atoms with Gasteiger partial charge in [0.1, 0.15) is 5.82 Å². The van der Waals surface area contributed by atoms with Crippen LogP contribution >= 0.6 is 0 Å². The second-order valence-electron chi connectivity index (χ2n) is 7.16. The number of anilines is 2. The first-order chi connectivity index (χ1) is 13.8. The number of aryl methyl sites for hydroxylation is 1. The Hall–Kier alpha value is -2.99. The molecule has 0 aliphatic carbocycles. The van der Waals surface area contributed by atoms with E-state index in [1.165, 1.54) is 5.56 Å². The molecule has 1 aliphatic heterocycles. The largest absolute Gasteiger partial charge is 0.366 e. The zero-order valence-corrected chi connectivity index (χ0v) is 16.3. The Morgan fingerprint density at radius 3 is 2.46 bits per heavy atom. The quantitative estimate of drug-likeness (QED) is 0.715. The molecule has 1 aromatic carbocycles. The zero-order chi connectivity index (χ0) is 19.2. The van der Waals surface area contributed by atoms with Crippen LogP contribution in [0.3, 0.4) is 0 Å². The molecule has 1 N–H and O–H groups in total. The SMILES string of the molecule is Cc1cc(NCc2cccnc2)nc(N2CCN(Cc3ccccc3)CC2)n1. The Labute approximate surface area is 166 Å². The van der Waals surface area contributed by atoms with Gasteiger partial charge in [-0.2, -0.15) is 4.98 Å². The van der Waals surface area contributed by atoms with Crippen molar-refractivity contribution in [3.05, 3.63) is 77.7 Å². The third kappa shape index (κ3) is 4.84. The van der Waals surface area contributed by atoms with Gasteiger partial charge in [0, 0.05) is 63.4 Å². The highest BCUT2D eigenvalue weighted by molar-refractivity contribution is 5.44. The van der Waals surface area contributed by atoms with E-state index in [0.717, 1.165) is 55.7 Å². The Morgan fingerprint density at radius 1 is 0.929 bits per heavy atom. The summed E-state index contributed by atoms with van der Waals surface area (Å²) in [6.07, 6.45) is 3.65. The summed E-state index contributed by atoms with van der Waals surface area (Å²) in [7, 11) is 0. The molecule has 3 aromatic rings. The molecule has 0 spiro atoms. The number of nitrogens with one attached hydrogen (secondary N) is 1. The number of hydrogen-bond donors (Lipinski definition) is 1. The van der Waals surface area contributed by atoms with Gasteiger partial charge in [-0.05, 0) is 24.1 Å². The van der Waals surface area contributed by atoms with Crippen molar-refractivity contribution in [3.63, 3.8) is 0 Å². The lowest BCUT2D eigenvalue weighted by Gasteiger charge is -2.35. The average molecular weight is 374 g/mol. The fourth-order valence-corrected chi connectivity index (χ4v) is 3.43. The fraction of sp³-hybridized carbons (Fsp3) is 0.318. The molecule has 2 aromatic heterocycles. The van der Waals surface area contributed by atoms with Gasteiger partial charge in [0.15, 0.2) is 0 Å². The van der Waals surface area contributed by atoms with Crippen molar-refractivity contribution in [1.82, 2.24) is 19.9 Å². The van der Waals surface area contributed by atoms with Gasteiger partial charge in [-0.15, -0.1) is 0 Å². The zero-order valence-electron chi connectivity index (χ0n) is 16.3. The summed E-state index contributed by atoms with van der Waals surface area (Å²) in [6.45, 7) is 7.65. The summed E-state index contributed by atoms with van der Waals surface area (Å²) in [5, 5.41) is 3.39. The summed E-state index contributed by atoms with van der Waals surface area (Å²) >= 11 is 0. The second kappa shape index (κ2) is 8.80. The van der Waals surface area contributed by atoms with Crippen LogP contribution in [0.4, 0.5) is 11.8 Å². The fourth-order valence-electron chi connectivity index (χ4n) is 3.43. The molecule has 144 valence electrons. The lowest BCUT2D eigenvalue weighted by atomic mass is 10.2. The normalized spacial score (nSPS) is 14.8. The molecule has 0 radical (unpaired) electrons. The number of aromatic nitrogens is 3. The molecule has 0 unspecified atom stereocenters. The Kier molecular flexibility index (Phi) is 5.77. The van der Waals surface area contributed by atoms with E-state index in [2.05, 4.69) is 61.5 Å². The van der Waals surface area contributed by atoms with Crippen molar-refractivity contribution in [2.24, 2.45) is 0 Å². The molecular weight excluding hydrogens is 348 g/mol. The smallest absolute Gasteiger partial charge is 0.227 e. The first-order valence-corrected chi connectivity index (χ1v) is 9.76. The van der Waals surface area contributed by atoms with Crippen LogP contribution in [-0.2, 0) is 13.1 Å². The molecule has 0 bridgehead atoms. The van der Waals surface area contributed by atoms with E-state index in [1.807, 2.05) is 25.3 Å². The van der Waals surface area contributed by atoms with Gasteiger partial charge in [0.05, 0.1) is 0 Å². The molecular formula is C22H26N6. The Morgan fingerprint density at radius 2 is 1.71 bits per heavy atom. The first-order valence-electron chi connectivity index (χ1n) is 9.76. The molecule has 1 saturated heterocycles. The molecule has 3 heterocycles. The van der Waals surface area contributed by atoms with Gasteiger partial charge in [0.2, 0.25) is 5.95 Å². The second-order valence-corrected chi connectivity index (χ2v) is 7.16. The van der Waals surface area contributed by atoms with Crippen LogP contribution in [0.25, 0.3) is 0 Å². The van der Waals surface area contributed by atoms with Gasteiger partial charge in [-0.25, -0.2) is 4.98 Å². The molecule has 1 aliphatic rings. The highest BCUT2D eigenvalue weighted by Crippen LogP contribution is 2.17. The van der Waals surface area contributed by atoms with Gasteiger partial charge in [0.25, 0.3) is 0 Å². The van der Waals surface area contributed by atoms with Crippen molar-refractivity contribution in [1.29, 1.82) is 0 Å². The van der Waals surface area contributed by atoms with Crippen molar-refractivity contribution in [2.45, 2.75) is 20.0 Å². The lowest BCUT2D eigenvalue weighted by Crippen LogP contribution is -2.46. The van der Waals surface area contributed by atoms with Crippen LogP contribution < -0.4 is 10.2 Å². The minimum atomic E-state index is 0.703. The van der Waals surface area contributed by atoms with E-state index in [1.54, 1.807) is 6.20 Å². The molecule has 1 fully saturated rings. The van der Waals surface area contributed by atoms with Gasteiger partial charge in [-0.3, -0.25) is 9.88 Å². The number of hydrogen-bond acceptors (Lipinski definition) is 6. The summed E-state index contributed by atoms with van der Waals surface area (Å²) < 4.78 is 0. The molecule has 0 amide bonds. The molecule has 28 heavy (non-hydrogen) atoms. The van der Waals surface area contributed by atoms with Gasteiger partial charge < -0.3 is 10.2 Å². The topological polar surface area (TPSA) is 57.2 Å². The van der Waals surface area contributed by atoms with E-state index in [9.17, 15) is 0 Å². The minimum absolute atomic E-state index is 0.703. The van der Waals surface area contributed by atoms with E-state index in [-0.39, 0.29) is 0 Å². The Balaban J connectivity index is 1.36. The highest BCUT2D eigenvalue weighted by Gasteiger charge is 2.19. The average Bonchev–Trinajstić information content (AvgIpc) is 2.74. The van der Waals surface area contributed by atoms with Crippen LogP contribution in [0.5, 0.6) is 0 Å². The lowest BCUT2D eigenvalue weighted by molar-refractivity contribution is 0.248. The Bertz CT molecular complexity index is 876. The van der Waals surface area contributed by atoms with Crippen LogP contribution in [-0.4, -0.2) is 46.0 Å². The maximum atomic E-state index is 4.75. The number of pyridine rings is 1. The number of nitrogens with zero attached hydrogens (tertiary/aromatic N) is 5. The van der Waals surface area contributed by atoms with Crippen LogP contribution in [0, 0.1) is 6.92 Å². The monoisotopic (exact) mass is 374 g/mol. The number of piperazine rings is 1. The third-order valence-electron chi connectivity index (χ3n) is 4.94. The summed E-state index contributed by atoms with van der Waals surface area (Å²) in [5.41, 5.74) is 3.48. The maximum absolute atomic E-state index is 4.75. The minimum Gasteiger partial charge on any atom is -0.366 e. The third-order valence-corrected chi connectivity index (χ3v) is 4.94. The maximum Gasteiger partial charge on any atom is 0.227 e. The molecule has 6 nitrogen and oxygen atoms in total. The van der Waals surface area contributed by atoms with Crippen molar-refractivity contribution >= 4 is 11.8 Å².